The smallest absolute Gasteiger partial charge is 0.261 e. The van der Waals surface area contributed by atoms with Crippen LogP contribution >= 0.6 is 11.3 Å². The van der Waals surface area contributed by atoms with Crippen molar-refractivity contribution in [2.45, 2.75) is 20.4 Å². The predicted molar refractivity (Wildman–Crippen MR) is 114 cm³/mol. The van der Waals surface area contributed by atoms with Crippen LogP contribution in [0.5, 0.6) is 0 Å². The number of hydrogen-bond acceptors (Lipinski definition) is 6. The number of benzene rings is 1. The minimum atomic E-state index is -0.286. The van der Waals surface area contributed by atoms with Crippen LogP contribution in [0.1, 0.15) is 27.7 Å². The summed E-state index contributed by atoms with van der Waals surface area (Å²) in [7, 11) is 0. The Bertz CT molecular complexity index is 1010. The van der Waals surface area contributed by atoms with Crippen LogP contribution in [0, 0.1) is 12.7 Å². The number of rotatable bonds is 5. The highest BCUT2D eigenvalue weighted by Gasteiger charge is 2.24. The van der Waals surface area contributed by atoms with Crippen LogP contribution < -0.4 is 10.2 Å². The predicted octanol–water partition coefficient (Wildman–Crippen LogP) is 3.21. The molecule has 0 radical (unpaired) electrons. The number of amides is 1. The zero-order valence-corrected chi connectivity index (χ0v) is 17.4. The van der Waals surface area contributed by atoms with Gasteiger partial charge in [-0.05, 0) is 36.7 Å². The number of hydrogen-bond donors (Lipinski definition) is 1. The Kier molecular flexibility index (Phi) is 5.73. The third-order valence-electron chi connectivity index (χ3n) is 5.40. The zero-order chi connectivity index (χ0) is 20.4. The molecule has 0 unspecified atom stereocenters. The number of fused-ring (bicyclic) bond motifs is 1. The van der Waals surface area contributed by atoms with Crippen LogP contribution in [0.25, 0.3) is 10.2 Å². The number of nitrogens with zero attached hydrogens (tertiary/aromatic N) is 4. The monoisotopic (exact) mass is 413 g/mol. The molecule has 3 heterocycles. The fraction of sp³-hybridized carbons (Fsp3) is 0.381. The van der Waals surface area contributed by atoms with E-state index in [1.807, 2.05) is 6.92 Å². The third kappa shape index (κ3) is 4.09. The molecule has 4 rings (SSSR count). The Morgan fingerprint density at radius 3 is 2.59 bits per heavy atom. The van der Waals surface area contributed by atoms with E-state index in [2.05, 4.69) is 32.0 Å². The molecule has 2 aromatic heterocycles. The number of carbonyl (C=O) groups excluding carboxylic acids is 1. The zero-order valence-electron chi connectivity index (χ0n) is 16.6. The maximum atomic E-state index is 13.0. The Morgan fingerprint density at radius 1 is 1.17 bits per heavy atom. The van der Waals surface area contributed by atoms with Gasteiger partial charge in [-0.15, -0.1) is 11.3 Å². The van der Waals surface area contributed by atoms with Crippen molar-refractivity contribution in [1.29, 1.82) is 0 Å². The molecule has 0 spiro atoms. The number of aromatic nitrogens is 2. The summed E-state index contributed by atoms with van der Waals surface area (Å²) in [6, 6.07) is 6.14. The minimum Gasteiger partial charge on any atom is -0.353 e. The molecule has 6 nitrogen and oxygen atoms in total. The van der Waals surface area contributed by atoms with Gasteiger partial charge >= 0.3 is 0 Å². The van der Waals surface area contributed by atoms with Gasteiger partial charge in [-0.3, -0.25) is 4.79 Å². The van der Waals surface area contributed by atoms with E-state index < -0.39 is 0 Å². The van der Waals surface area contributed by atoms with E-state index in [1.165, 1.54) is 23.5 Å². The summed E-state index contributed by atoms with van der Waals surface area (Å²) in [5.41, 5.74) is 1.77. The van der Waals surface area contributed by atoms with Gasteiger partial charge in [0.25, 0.3) is 5.91 Å². The molecular formula is C21H24FN5OS. The first-order chi connectivity index (χ1) is 14.1. The van der Waals surface area contributed by atoms with Gasteiger partial charge in [0.15, 0.2) is 0 Å². The SMILES string of the molecule is CCN1CCN(c2ncnc3sc(C(=O)NCc4ccc(F)cc4)c(C)c23)CC1. The second-order valence-corrected chi connectivity index (χ2v) is 8.16. The van der Waals surface area contributed by atoms with Gasteiger partial charge in [0.05, 0.1) is 10.3 Å². The fourth-order valence-corrected chi connectivity index (χ4v) is 4.71. The molecule has 8 heteroatoms. The highest BCUT2D eigenvalue weighted by molar-refractivity contribution is 7.20. The number of likely N-dealkylation sites (N-methyl/N-ethyl adjacent to an activating group) is 1. The average molecular weight is 414 g/mol. The Hall–Kier alpha value is -2.58. The first-order valence-corrected chi connectivity index (χ1v) is 10.6. The fourth-order valence-electron chi connectivity index (χ4n) is 3.65. The van der Waals surface area contributed by atoms with E-state index in [0.717, 1.165) is 59.9 Å². The molecule has 1 N–H and O–H groups in total. The minimum absolute atomic E-state index is 0.142. The summed E-state index contributed by atoms with van der Waals surface area (Å²) >= 11 is 1.39. The average Bonchev–Trinajstić information content (AvgIpc) is 3.10. The van der Waals surface area contributed by atoms with E-state index in [0.29, 0.717) is 11.4 Å². The Morgan fingerprint density at radius 2 is 1.90 bits per heavy atom. The quantitative estimate of drug-likeness (QED) is 0.696. The van der Waals surface area contributed by atoms with Gasteiger partial charge in [-0.25, -0.2) is 14.4 Å². The molecule has 1 amide bonds. The molecule has 1 fully saturated rings. The van der Waals surface area contributed by atoms with Gasteiger partial charge in [0.1, 0.15) is 22.8 Å². The van der Waals surface area contributed by atoms with Crippen LogP contribution in [-0.4, -0.2) is 53.5 Å². The first kappa shape index (κ1) is 19.7. The van der Waals surface area contributed by atoms with Crippen LogP contribution in [0.4, 0.5) is 10.2 Å². The molecule has 0 aliphatic carbocycles. The molecule has 0 atom stereocenters. The molecule has 152 valence electrons. The van der Waals surface area contributed by atoms with Gasteiger partial charge in [-0.2, -0.15) is 0 Å². The van der Waals surface area contributed by atoms with Crippen LogP contribution in [0.3, 0.4) is 0 Å². The molecule has 0 saturated carbocycles. The molecular weight excluding hydrogens is 389 g/mol. The summed E-state index contributed by atoms with van der Waals surface area (Å²) in [5, 5.41) is 3.90. The lowest BCUT2D eigenvalue weighted by Crippen LogP contribution is -2.46. The van der Waals surface area contributed by atoms with Crippen molar-refractivity contribution < 1.29 is 9.18 Å². The Labute approximate surface area is 173 Å². The van der Waals surface area contributed by atoms with Crippen molar-refractivity contribution in [3.05, 3.63) is 52.4 Å². The van der Waals surface area contributed by atoms with Crippen molar-refractivity contribution in [3.8, 4) is 0 Å². The lowest BCUT2D eigenvalue weighted by Gasteiger charge is -2.35. The second kappa shape index (κ2) is 8.42. The molecule has 0 bridgehead atoms. The maximum absolute atomic E-state index is 13.0. The number of aryl methyl sites for hydroxylation is 1. The van der Waals surface area contributed by atoms with Crippen molar-refractivity contribution in [3.63, 3.8) is 0 Å². The van der Waals surface area contributed by atoms with E-state index in [1.54, 1.807) is 18.5 Å². The number of carbonyl (C=O) groups is 1. The maximum Gasteiger partial charge on any atom is 0.261 e. The molecule has 1 saturated heterocycles. The van der Waals surface area contributed by atoms with E-state index in [-0.39, 0.29) is 11.7 Å². The number of halogens is 1. The normalized spacial score (nSPS) is 15.1. The van der Waals surface area contributed by atoms with Crippen LogP contribution in [-0.2, 0) is 6.54 Å². The van der Waals surface area contributed by atoms with Crippen LogP contribution in [0.15, 0.2) is 30.6 Å². The van der Waals surface area contributed by atoms with Gasteiger partial charge in [-0.1, -0.05) is 19.1 Å². The van der Waals surface area contributed by atoms with Crippen molar-refractivity contribution in [1.82, 2.24) is 20.2 Å². The van der Waals surface area contributed by atoms with Gasteiger partial charge in [0, 0.05) is 32.7 Å². The van der Waals surface area contributed by atoms with Crippen molar-refractivity contribution in [2.75, 3.05) is 37.6 Å². The highest BCUT2D eigenvalue weighted by atomic mass is 32.1. The van der Waals surface area contributed by atoms with E-state index >= 15 is 0 Å². The lowest BCUT2D eigenvalue weighted by molar-refractivity contribution is 0.0954. The highest BCUT2D eigenvalue weighted by Crippen LogP contribution is 2.35. The number of thiophene rings is 1. The topological polar surface area (TPSA) is 61.4 Å². The lowest BCUT2D eigenvalue weighted by atomic mass is 10.1. The summed E-state index contributed by atoms with van der Waals surface area (Å²) in [6.07, 6.45) is 1.58. The summed E-state index contributed by atoms with van der Waals surface area (Å²) in [6.45, 7) is 9.40. The summed E-state index contributed by atoms with van der Waals surface area (Å²) < 4.78 is 13.0. The van der Waals surface area contributed by atoms with Crippen molar-refractivity contribution in [2.24, 2.45) is 0 Å². The molecule has 29 heavy (non-hydrogen) atoms. The second-order valence-electron chi connectivity index (χ2n) is 7.16. The standard InChI is InChI=1S/C21H24FN5OS/c1-3-26-8-10-27(11-9-26)19-17-14(2)18(29-21(17)25-13-24-19)20(28)23-12-15-4-6-16(22)7-5-15/h4-7,13H,3,8-12H2,1-2H3,(H,23,28). The van der Waals surface area contributed by atoms with Crippen LogP contribution in [0.2, 0.25) is 0 Å². The number of nitrogens with one attached hydrogen (secondary N) is 1. The van der Waals surface area contributed by atoms with E-state index in [4.69, 9.17) is 0 Å². The third-order valence-corrected chi connectivity index (χ3v) is 6.60. The van der Waals surface area contributed by atoms with Gasteiger partial charge in [0.2, 0.25) is 0 Å². The number of anilines is 1. The number of piperazine rings is 1. The summed E-state index contributed by atoms with van der Waals surface area (Å²) in [4.78, 5) is 28.0. The molecule has 1 aliphatic heterocycles. The van der Waals surface area contributed by atoms with E-state index in [9.17, 15) is 9.18 Å². The largest absolute Gasteiger partial charge is 0.353 e. The molecule has 1 aliphatic rings. The van der Waals surface area contributed by atoms with Gasteiger partial charge < -0.3 is 15.1 Å². The molecule has 3 aromatic rings. The summed E-state index contributed by atoms with van der Waals surface area (Å²) in [5.74, 6) is 0.486. The Balaban J connectivity index is 1.55. The molecule has 1 aromatic carbocycles. The van der Waals surface area contributed by atoms with Crippen molar-refractivity contribution >= 4 is 33.3 Å². The first-order valence-electron chi connectivity index (χ1n) is 9.81.